The molecule has 118 valence electrons. The molecule has 1 saturated heterocycles. The van der Waals surface area contributed by atoms with Gasteiger partial charge in [-0.3, -0.25) is 0 Å². The SMILES string of the molecule is CCc1nc(N2CCCC(CO)(CCOC)C2)ncc1C. The van der Waals surface area contributed by atoms with Crippen LogP contribution in [0.5, 0.6) is 0 Å². The molecule has 5 heteroatoms. The van der Waals surface area contributed by atoms with Crippen LogP contribution in [0.3, 0.4) is 0 Å². The van der Waals surface area contributed by atoms with Crippen molar-refractivity contribution in [3.05, 3.63) is 17.5 Å². The van der Waals surface area contributed by atoms with Crippen molar-refractivity contribution < 1.29 is 9.84 Å². The van der Waals surface area contributed by atoms with Crippen LogP contribution < -0.4 is 4.90 Å². The average molecular weight is 293 g/mol. The summed E-state index contributed by atoms with van der Waals surface area (Å²) in [6.45, 7) is 6.81. The lowest BCUT2D eigenvalue weighted by molar-refractivity contribution is 0.0622. The summed E-state index contributed by atoms with van der Waals surface area (Å²) in [6, 6.07) is 0. The maximum absolute atomic E-state index is 9.85. The largest absolute Gasteiger partial charge is 0.396 e. The Bertz CT molecular complexity index is 467. The number of hydrogen-bond acceptors (Lipinski definition) is 5. The van der Waals surface area contributed by atoms with Gasteiger partial charge >= 0.3 is 0 Å². The second-order valence-electron chi connectivity index (χ2n) is 6.08. The van der Waals surface area contributed by atoms with Gasteiger partial charge < -0.3 is 14.7 Å². The van der Waals surface area contributed by atoms with Gasteiger partial charge in [-0.25, -0.2) is 9.97 Å². The number of rotatable bonds is 6. The highest BCUT2D eigenvalue weighted by Gasteiger charge is 2.35. The molecule has 0 bridgehead atoms. The van der Waals surface area contributed by atoms with E-state index >= 15 is 0 Å². The van der Waals surface area contributed by atoms with Crippen molar-refractivity contribution in [2.24, 2.45) is 5.41 Å². The van der Waals surface area contributed by atoms with Crippen molar-refractivity contribution in [3.8, 4) is 0 Å². The summed E-state index contributed by atoms with van der Waals surface area (Å²) in [5.74, 6) is 0.799. The third-order valence-corrected chi connectivity index (χ3v) is 4.51. The number of nitrogens with zero attached hydrogens (tertiary/aromatic N) is 3. The van der Waals surface area contributed by atoms with Crippen LogP contribution in [0.2, 0.25) is 0 Å². The molecule has 2 heterocycles. The van der Waals surface area contributed by atoms with E-state index < -0.39 is 0 Å². The molecule has 21 heavy (non-hydrogen) atoms. The van der Waals surface area contributed by atoms with Crippen molar-refractivity contribution in [1.82, 2.24) is 9.97 Å². The molecular weight excluding hydrogens is 266 g/mol. The molecule has 0 amide bonds. The first-order valence-corrected chi connectivity index (χ1v) is 7.81. The van der Waals surface area contributed by atoms with Gasteiger partial charge in [0.2, 0.25) is 5.95 Å². The first kappa shape index (κ1) is 16.2. The van der Waals surface area contributed by atoms with Crippen LogP contribution in [-0.4, -0.2) is 48.5 Å². The first-order chi connectivity index (χ1) is 10.1. The number of aliphatic hydroxyl groups excluding tert-OH is 1. The molecule has 0 spiro atoms. The van der Waals surface area contributed by atoms with Crippen LogP contribution in [0.1, 0.15) is 37.4 Å². The molecule has 5 nitrogen and oxygen atoms in total. The van der Waals surface area contributed by atoms with Gasteiger partial charge in [-0.1, -0.05) is 6.92 Å². The Hall–Kier alpha value is -1.20. The molecule has 1 aliphatic heterocycles. The van der Waals surface area contributed by atoms with Gasteiger partial charge in [0.15, 0.2) is 0 Å². The first-order valence-electron chi connectivity index (χ1n) is 7.81. The number of aliphatic hydroxyl groups is 1. The van der Waals surface area contributed by atoms with E-state index in [0.717, 1.165) is 56.0 Å². The maximum Gasteiger partial charge on any atom is 0.225 e. The highest BCUT2D eigenvalue weighted by molar-refractivity contribution is 5.34. The van der Waals surface area contributed by atoms with Gasteiger partial charge in [0, 0.05) is 44.1 Å². The Kier molecular flexibility index (Phi) is 5.53. The summed E-state index contributed by atoms with van der Waals surface area (Å²) in [4.78, 5) is 11.4. The van der Waals surface area contributed by atoms with Gasteiger partial charge in [-0.15, -0.1) is 0 Å². The van der Waals surface area contributed by atoms with Crippen LogP contribution in [-0.2, 0) is 11.2 Å². The Balaban J connectivity index is 2.16. The molecule has 1 aromatic heterocycles. The van der Waals surface area contributed by atoms with E-state index in [0.29, 0.717) is 6.61 Å². The zero-order chi connectivity index (χ0) is 15.3. The van der Waals surface area contributed by atoms with E-state index in [1.807, 2.05) is 6.20 Å². The second-order valence-corrected chi connectivity index (χ2v) is 6.08. The van der Waals surface area contributed by atoms with Gasteiger partial charge in [0.05, 0.1) is 6.61 Å². The zero-order valence-electron chi connectivity index (χ0n) is 13.4. The number of anilines is 1. The van der Waals surface area contributed by atoms with Gasteiger partial charge in [0.25, 0.3) is 0 Å². The summed E-state index contributed by atoms with van der Waals surface area (Å²) in [5.41, 5.74) is 2.16. The highest BCUT2D eigenvalue weighted by Crippen LogP contribution is 2.34. The lowest BCUT2D eigenvalue weighted by Gasteiger charge is -2.42. The van der Waals surface area contributed by atoms with Crippen molar-refractivity contribution in [3.63, 3.8) is 0 Å². The number of ether oxygens (including phenoxy) is 1. The summed E-state index contributed by atoms with van der Waals surface area (Å²) in [5, 5.41) is 9.85. The fraction of sp³-hybridized carbons (Fsp3) is 0.750. The summed E-state index contributed by atoms with van der Waals surface area (Å²) in [7, 11) is 1.71. The molecule has 1 aromatic rings. The number of aryl methyl sites for hydroxylation is 2. The molecule has 0 aromatic carbocycles. The van der Waals surface area contributed by atoms with E-state index in [4.69, 9.17) is 9.72 Å². The molecule has 1 aliphatic rings. The fourth-order valence-electron chi connectivity index (χ4n) is 3.09. The predicted octanol–water partition coefficient (Wildman–Crippen LogP) is 1.96. The molecule has 0 aliphatic carbocycles. The molecule has 0 saturated carbocycles. The Morgan fingerprint density at radius 2 is 2.29 bits per heavy atom. The highest BCUT2D eigenvalue weighted by atomic mass is 16.5. The molecular formula is C16H27N3O2. The van der Waals surface area contributed by atoms with Crippen molar-refractivity contribution in [2.75, 3.05) is 38.3 Å². The van der Waals surface area contributed by atoms with Crippen molar-refractivity contribution in [1.29, 1.82) is 0 Å². The minimum absolute atomic E-state index is 0.0884. The third-order valence-electron chi connectivity index (χ3n) is 4.51. The predicted molar refractivity (Wildman–Crippen MR) is 83.6 cm³/mol. The number of piperidine rings is 1. The minimum Gasteiger partial charge on any atom is -0.396 e. The molecule has 1 atom stereocenters. The Morgan fingerprint density at radius 3 is 2.95 bits per heavy atom. The van der Waals surface area contributed by atoms with Crippen LogP contribution in [0.15, 0.2) is 6.20 Å². The molecule has 1 N–H and O–H groups in total. The third kappa shape index (κ3) is 3.71. The number of hydrogen-bond donors (Lipinski definition) is 1. The standard InChI is InChI=1S/C16H27N3O2/c1-4-14-13(2)10-17-15(18-14)19-8-5-6-16(11-19,12-20)7-9-21-3/h10,20H,4-9,11-12H2,1-3H3. The molecule has 2 rings (SSSR count). The molecule has 1 fully saturated rings. The number of aromatic nitrogens is 2. The van der Waals surface area contributed by atoms with Gasteiger partial charge in [-0.2, -0.15) is 0 Å². The molecule has 1 unspecified atom stereocenters. The monoisotopic (exact) mass is 293 g/mol. The van der Waals surface area contributed by atoms with Crippen molar-refractivity contribution in [2.45, 2.75) is 39.5 Å². The average Bonchev–Trinajstić information content (AvgIpc) is 2.53. The van der Waals surface area contributed by atoms with Crippen LogP contribution in [0.4, 0.5) is 5.95 Å². The second kappa shape index (κ2) is 7.18. The minimum atomic E-state index is -0.0884. The summed E-state index contributed by atoms with van der Waals surface area (Å²) < 4.78 is 5.20. The smallest absolute Gasteiger partial charge is 0.225 e. The van der Waals surface area contributed by atoms with E-state index in [-0.39, 0.29) is 12.0 Å². The zero-order valence-corrected chi connectivity index (χ0v) is 13.4. The van der Waals surface area contributed by atoms with E-state index in [2.05, 4.69) is 23.7 Å². The van der Waals surface area contributed by atoms with E-state index in [9.17, 15) is 5.11 Å². The lowest BCUT2D eigenvalue weighted by Crippen LogP contribution is -2.46. The quantitative estimate of drug-likeness (QED) is 0.869. The Labute approximate surface area is 127 Å². The van der Waals surface area contributed by atoms with Crippen LogP contribution >= 0.6 is 0 Å². The topological polar surface area (TPSA) is 58.5 Å². The fourth-order valence-corrected chi connectivity index (χ4v) is 3.09. The Morgan fingerprint density at radius 1 is 1.48 bits per heavy atom. The van der Waals surface area contributed by atoms with Crippen molar-refractivity contribution >= 4 is 5.95 Å². The maximum atomic E-state index is 9.85. The lowest BCUT2D eigenvalue weighted by atomic mass is 9.78. The normalized spacial score (nSPS) is 22.6. The molecule has 0 radical (unpaired) electrons. The van der Waals surface area contributed by atoms with Gasteiger partial charge in [0.1, 0.15) is 0 Å². The van der Waals surface area contributed by atoms with Gasteiger partial charge in [-0.05, 0) is 38.2 Å². The van der Waals surface area contributed by atoms with E-state index in [1.54, 1.807) is 7.11 Å². The van der Waals surface area contributed by atoms with E-state index in [1.165, 1.54) is 0 Å². The number of methoxy groups -OCH3 is 1. The van der Waals surface area contributed by atoms with Crippen LogP contribution in [0.25, 0.3) is 0 Å². The summed E-state index contributed by atoms with van der Waals surface area (Å²) in [6.07, 6.45) is 5.80. The summed E-state index contributed by atoms with van der Waals surface area (Å²) >= 11 is 0. The van der Waals surface area contributed by atoms with Crippen LogP contribution in [0, 0.1) is 12.3 Å².